The summed E-state index contributed by atoms with van der Waals surface area (Å²) in [6.45, 7) is 6.63. The maximum Gasteiger partial charge on any atom is 0.253 e. The van der Waals surface area contributed by atoms with E-state index in [1.165, 1.54) is 11.6 Å². The zero-order valence-electron chi connectivity index (χ0n) is 19.6. The van der Waals surface area contributed by atoms with Crippen molar-refractivity contribution in [1.82, 2.24) is 9.78 Å². The van der Waals surface area contributed by atoms with Crippen LogP contribution >= 0.6 is 0 Å². The first-order valence-corrected chi connectivity index (χ1v) is 11.7. The molecule has 1 amide bonds. The van der Waals surface area contributed by atoms with Gasteiger partial charge in [0.25, 0.3) is 5.91 Å². The third kappa shape index (κ3) is 4.40. The van der Waals surface area contributed by atoms with Crippen LogP contribution in [0.2, 0.25) is 0 Å². The molecule has 0 unspecified atom stereocenters. The van der Waals surface area contributed by atoms with Crippen molar-refractivity contribution < 1.29 is 13.9 Å². The first-order valence-electron chi connectivity index (χ1n) is 11.7. The third-order valence-corrected chi connectivity index (χ3v) is 7.14. The number of hydrogen-bond acceptors (Lipinski definition) is 4. The van der Waals surface area contributed by atoms with Crippen LogP contribution in [0.15, 0.2) is 12.1 Å². The first kappa shape index (κ1) is 22.8. The molecular formula is C25H35FN4O2. The van der Waals surface area contributed by atoms with Crippen molar-refractivity contribution >= 4 is 11.6 Å². The van der Waals surface area contributed by atoms with Gasteiger partial charge in [0.15, 0.2) is 0 Å². The smallest absolute Gasteiger partial charge is 0.253 e. The summed E-state index contributed by atoms with van der Waals surface area (Å²) in [5, 5.41) is 8.27. The third-order valence-electron chi connectivity index (χ3n) is 7.14. The molecule has 2 aliphatic carbocycles. The van der Waals surface area contributed by atoms with Crippen molar-refractivity contribution in [2.45, 2.75) is 84.3 Å². The Hall–Kier alpha value is -2.41. The van der Waals surface area contributed by atoms with E-state index in [9.17, 15) is 4.79 Å². The molecule has 6 nitrogen and oxygen atoms in total. The second-order valence-electron chi connectivity index (χ2n) is 10.0. The predicted molar refractivity (Wildman–Crippen MR) is 124 cm³/mol. The Morgan fingerprint density at radius 3 is 2.66 bits per heavy atom. The van der Waals surface area contributed by atoms with Crippen molar-refractivity contribution in [2.75, 3.05) is 12.4 Å². The minimum atomic E-state index is -0.764. The van der Waals surface area contributed by atoms with Gasteiger partial charge >= 0.3 is 0 Å². The van der Waals surface area contributed by atoms with Crippen LogP contribution in [0.4, 0.5) is 10.1 Å². The highest BCUT2D eigenvalue weighted by molar-refractivity contribution is 5.99. The lowest BCUT2D eigenvalue weighted by molar-refractivity contribution is 0.0681. The first-order chi connectivity index (χ1) is 15.2. The summed E-state index contributed by atoms with van der Waals surface area (Å²) in [4.78, 5) is 12.1. The minimum Gasteiger partial charge on any atom is -0.382 e. The quantitative estimate of drug-likeness (QED) is 0.687. The van der Waals surface area contributed by atoms with Crippen LogP contribution in [0, 0.1) is 11.2 Å². The molecule has 1 saturated carbocycles. The average molecular weight is 443 g/mol. The number of carbonyl (C=O) groups excluding carboxylic acids is 1. The molecule has 174 valence electrons. The molecule has 3 N–H and O–H groups in total. The maximum atomic E-state index is 15.2. The summed E-state index contributed by atoms with van der Waals surface area (Å²) in [6, 6.07) is 3.37. The van der Waals surface area contributed by atoms with Crippen molar-refractivity contribution in [3.05, 3.63) is 40.5 Å². The molecule has 1 fully saturated rings. The molecule has 7 heteroatoms. The molecule has 2 aromatic rings. The number of ether oxygens (including phenoxy) is 1. The number of nitrogens with two attached hydrogens (primary N) is 1. The molecule has 0 saturated heterocycles. The highest BCUT2D eigenvalue weighted by atomic mass is 19.1. The second kappa shape index (κ2) is 8.85. The fourth-order valence-corrected chi connectivity index (χ4v) is 5.25. The number of rotatable bonds is 6. The molecule has 0 spiro atoms. The molecule has 0 atom stereocenters. The topological polar surface area (TPSA) is 82.2 Å². The number of aromatic nitrogens is 2. The summed E-state index contributed by atoms with van der Waals surface area (Å²) in [6.07, 6.45) is 7.75. The number of anilines is 1. The Bertz CT molecular complexity index is 1010. The Labute approximate surface area is 189 Å². The number of benzene rings is 1. The summed E-state index contributed by atoms with van der Waals surface area (Å²) < 4.78 is 22.5. The molecule has 0 radical (unpaired) electrons. The molecular weight excluding hydrogens is 407 g/mol. The zero-order chi connectivity index (χ0) is 23.0. The number of amides is 1. The van der Waals surface area contributed by atoms with Crippen LogP contribution in [0.25, 0.3) is 5.69 Å². The van der Waals surface area contributed by atoms with Crippen molar-refractivity contribution in [1.29, 1.82) is 0 Å². The molecule has 0 aliphatic heterocycles. The fourth-order valence-electron chi connectivity index (χ4n) is 5.25. The summed E-state index contributed by atoms with van der Waals surface area (Å²) >= 11 is 0. The largest absolute Gasteiger partial charge is 0.382 e. The van der Waals surface area contributed by atoms with Gasteiger partial charge in [0.2, 0.25) is 0 Å². The molecule has 32 heavy (non-hydrogen) atoms. The lowest BCUT2D eigenvalue weighted by Gasteiger charge is -2.31. The van der Waals surface area contributed by atoms with Gasteiger partial charge in [0.1, 0.15) is 5.82 Å². The van der Waals surface area contributed by atoms with E-state index in [1.54, 1.807) is 7.11 Å². The number of nitrogens with zero attached hydrogens (tertiary/aromatic N) is 2. The van der Waals surface area contributed by atoms with Gasteiger partial charge in [0, 0.05) is 24.9 Å². The van der Waals surface area contributed by atoms with E-state index in [0.29, 0.717) is 11.4 Å². The van der Waals surface area contributed by atoms with Crippen LogP contribution < -0.4 is 11.1 Å². The Morgan fingerprint density at radius 1 is 1.31 bits per heavy atom. The Kier molecular flexibility index (Phi) is 6.30. The fraction of sp³-hybridized carbons (Fsp3) is 0.600. The van der Waals surface area contributed by atoms with Gasteiger partial charge < -0.3 is 15.8 Å². The van der Waals surface area contributed by atoms with Crippen molar-refractivity contribution in [3.63, 3.8) is 0 Å². The van der Waals surface area contributed by atoms with Crippen LogP contribution in [0.5, 0.6) is 0 Å². The van der Waals surface area contributed by atoms with Crippen LogP contribution in [0.1, 0.15) is 80.2 Å². The van der Waals surface area contributed by atoms with Crippen LogP contribution in [-0.2, 0) is 24.0 Å². The number of aryl methyl sites for hydroxylation is 1. The second-order valence-corrected chi connectivity index (χ2v) is 10.0. The SMILES string of the molecule is CCc1nn(-c2cc(F)c(C(N)=O)c(N[C@H]3CC[C@H](OC)CC3)c2)c2c1CCC(C)(C)C2. The van der Waals surface area contributed by atoms with Gasteiger partial charge in [-0.05, 0) is 68.4 Å². The molecule has 1 aromatic heterocycles. The standard InChI is InChI=1S/C25H35FN4O2/c1-5-20-18-10-11-25(2,3)14-22(18)30(29-20)16-12-19(26)23(24(27)31)21(13-16)28-15-6-8-17(32-4)9-7-15/h12-13,15,17,28H,5-11,14H2,1-4H3,(H2,27,31)/t15-,17-. The lowest BCUT2D eigenvalue weighted by atomic mass is 9.76. The number of nitrogens with one attached hydrogen (secondary N) is 1. The van der Waals surface area contributed by atoms with Gasteiger partial charge in [-0.15, -0.1) is 0 Å². The average Bonchev–Trinajstić information content (AvgIpc) is 3.10. The maximum absolute atomic E-state index is 15.2. The van der Waals surface area contributed by atoms with Crippen LogP contribution in [-0.4, -0.2) is 34.9 Å². The van der Waals surface area contributed by atoms with E-state index in [4.69, 9.17) is 15.6 Å². The van der Waals surface area contributed by atoms with Gasteiger partial charge in [-0.25, -0.2) is 9.07 Å². The molecule has 4 rings (SSSR count). The van der Waals surface area contributed by atoms with Crippen molar-refractivity contribution in [3.8, 4) is 5.69 Å². The summed E-state index contributed by atoms with van der Waals surface area (Å²) in [5.41, 5.74) is 10.2. The highest BCUT2D eigenvalue weighted by Crippen LogP contribution is 2.38. The predicted octanol–water partition coefficient (Wildman–Crippen LogP) is 4.56. The number of primary amides is 1. The molecule has 1 heterocycles. The number of halogens is 1. The summed E-state index contributed by atoms with van der Waals surface area (Å²) in [7, 11) is 1.74. The van der Waals surface area contributed by atoms with E-state index in [1.807, 2.05) is 10.7 Å². The molecule has 1 aromatic carbocycles. The van der Waals surface area contributed by atoms with E-state index >= 15 is 4.39 Å². The highest BCUT2D eigenvalue weighted by Gasteiger charge is 2.31. The number of fused-ring (bicyclic) bond motifs is 1. The van der Waals surface area contributed by atoms with E-state index in [0.717, 1.165) is 62.8 Å². The Morgan fingerprint density at radius 2 is 2.03 bits per heavy atom. The van der Waals surface area contributed by atoms with Gasteiger partial charge in [-0.1, -0.05) is 20.8 Å². The molecule has 0 bridgehead atoms. The number of methoxy groups -OCH3 is 1. The lowest BCUT2D eigenvalue weighted by Crippen LogP contribution is -2.30. The monoisotopic (exact) mass is 442 g/mol. The Balaban J connectivity index is 1.74. The normalized spacial score (nSPS) is 22.4. The number of carbonyl (C=O) groups is 1. The van der Waals surface area contributed by atoms with E-state index < -0.39 is 11.7 Å². The van der Waals surface area contributed by atoms with E-state index in [2.05, 4.69) is 26.1 Å². The zero-order valence-corrected chi connectivity index (χ0v) is 19.6. The van der Waals surface area contributed by atoms with Gasteiger partial charge in [-0.2, -0.15) is 5.10 Å². The minimum absolute atomic E-state index is 0.0836. The van der Waals surface area contributed by atoms with E-state index in [-0.39, 0.29) is 23.1 Å². The van der Waals surface area contributed by atoms with Crippen LogP contribution in [0.3, 0.4) is 0 Å². The number of hydrogen-bond donors (Lipinski definition) is 2. The van der Waals surface area contributed by atoms with Crippen molar-refractivity contribution in [2.24, 2.45) is 11.1 Å². The summed E-state index contributed by atoms with van der Waals surface area (Å²) in [5.74, 6) is -1.37. The van der Waals surface area contributed by atoms with Gasteiger partial charge in [0.05, 0.1) is 28.7 Å². The molecule has 2 aliphatic rings. The van der Waals surface area contributed by atoms with Gasteiger partial charge in [-0.3, -0.25) is 4.79 Å².